The van der Waals surface area contributed by atoms with E-state index in [1.54, 1.807) is 19.3 Å². The first-order valence-electron chi connectivity index (χ1n) is 11.7. The Morgan fingerprint density at radius 3 is 2.56 bits per heavy atom. The molecule has 2 fully saturated rings. The highest BCUT2D eigenvalue weighted by Gasteiger charge is 2.34. The van der Waals surface area contributed by atoms with Crippen LogP contribution in [0.3, 0.4) is 0 Å². The summed E-state index contributed by atoms with van der Waals surface area (Å²) in [6.45, 7) is 5.72. The van der Waals surface area contributed by atoms with Gasteiger partial charge in [0.25, 0.3) is 0 Å². The van der Waals surface area contributed by atoms with Crippen molar-refractivity contribution >= 4 is 11.9 Å². The summed E-state index contributed by atoms with van der Waals surface area (Å²) in [4.78, 5) is 11.2. The zero-order valence-corrected chi connectivity index (χ0v) is 19.6. The third kappa shape index (κ3) is 4.38. The molecule has 0 aliphatic carbocycles. The highest BCUT2D eigenvalue weighted by Crippen LogP contribution is 2.34. The molecule has 3 aromatic rings. The smallest absolute Gasteiger partial charge is 0.125 e. The first-order chi connectivity index (χ1) is 16.5. The molecular formula is C26H30N6O2. The van der Waals surface area contributed by atoms with Crippen molar-refractivity contribution in [2.75, 3.05) is 39.1 Å². The molecule has 34 heavy (non-hydrogen) atoms. The molecule has 0 saturated carbocycles. The lowest BCUT2D eigenvalue weighted by atomic mass is 9.91. The number of anilines is 1. The van der Waals surface area contributed by atoms with Gasteiger partial charge in [-0.15, -0.1) is 0 Å². The van der Waals surface area contributed by atoms with Gasteiger partial charge in [-0.1, -0.05) is 6.07 Å². The number of aliphatic imine (C=N–C) groups is 1. The molecule has 0 atom stereocenters. The highest BCUT2D eigenvalue weighted by atomic mass is 16.5. The quantitative estimate of drug-likeness (QED) is 0.564. The summed E-state index contributed by atoms with van der Waals surface area (Å²) < 4.78 is 5.47. The van der Waals surface area contributed by atoms with Crippen molar-refractivity contribution in [3.8, 4) is 28.3 Å². The first-order valence-corrected chi connectivity index (χ1v) is 11.7. The predicted octanol–water partition coefficient (Wildman–Crippen LogP) is 3.43. The molecule has 0 unspecified atom stereocenters. The van der Waals surface area contributed by atoms with Crippen LogP contribution in [-0.2, 0) is 4.74 Å². The summed E-state index contributed by atoms with van der Waals surface area (Å²) in [6.07, 6.45) is 3.87. The number of hydrogen-bond donors (Lipinski definition) is 2. The fraction of sp³-hybridized carbons (Fsp3) is 0.385. The second-order valence-corrected chi connectivity index (χ2v) is 9.08. The summed E-state index contributed by atoms with van der Waals surface area (Å²) in [5.41, 5.74) is 12.1. The maximum absolute atomic E-state index is 10.8. The Morgan fingerprint density at radius 2 is 1.88 bits per heavy atom. The van der Waals surface area contributed by atoms with Gasteiger partial charge in [0.15, 0.2) is 0 Å². The summed E-state index contributed by atoms with van der Waals surface area (Å²) in [6, 6.07) is 12.0. The number of benzene rings is 1. The standard InChI is InChI=1S/C26H30N6O2/c1-16-11-23(29-24(13-28-2)26(16)27)17-3-4-20(25(33)12-17)22-6-5-21(30-31-22)18-14-32(15-18)19-7-9-34-10-8-19/h3-6,11-13,18-19,33H,7-10,14-15,27H2,1-2H3. The average Bonchev–Trinajstić information content (AvgIpc) is 2.82. The second kappa shape index (κ2) is 9.48. The molecule has 2 aliphatic heterocycles. The van der Waals surface area contributed by atoms with Gasteiger partial charge >= 0.3 is 0 Å². The monoisotopic (exact) mass is 458 g/mol. The van der Waals surface area contributed by atoms with Crippen LogP contribution in [0.1, 0.15) is 35.7 Å². The van der Waals surface area contributed by atoms with E-state index in [4.69, 9.17) is 10.5 Å². The number of phenols is 1. The number of nitrogens with zero attached hydrogens (tertiary/aromatic N) is 5. The van der Waals surface area contributed by atoms with Crippen LogP contribution in [0.2, 0.25) is 0 Å². The van der Waals surface area contributed by atoms with Crippen LogP contribution in [0.4, 0.5) is 5.69 Å². The Morgan fingerprint density at radius 1 is 1.09 bits per heavy atom. The molecular weight excluding hydrogens is 428 g/mol. The van der Waals surface area contributed by atoms with E-state index >= 15 is 0 Å². The van der Waals surface area contributed by atoms with E-state index in [1.165, 1.54) is 0 Å². The van der Waals surface area contributed by atoms with Gasteiger partial charge in [0, 0.05) is 62.7 Å². The van der Waals surface area contributed by atoms with E-state index in [0.29, 0.717) is 34.6 Å². The number of ether oxygens (including phenoxy) is 1. The summed E-state index contributed by atoms with van der Waals surface area (Å²) in [7, 11) is 1.68. The number of rotatable bonds is 5. The zero-order valence-electron chi connectivity index (χ0n) is 19.6. The Balaban J connectivity index is 1.31. The Bertz CT molecular complexity index is 1200. The molecule has 0 bridgehead atoms. The van der Waals surface area contributed by atoms with Crippen molar-refractivity contribution < 1.29 is 9.84 Å². The Kier molecular flexibility index (Phi) is 6.26. The van der Waals surface area contributed by atoms with Gasteiger partial charge in [-0.3, -0.25) is 9.89 Å². The van der Waals surface area contributed by atoms with Crippen LogP contribution >= 0.6 is 0 Å². The summed E-state index contributed by atoms with van der Waals surface area (Å²) >= 11 is 0. The number of aromatic hydroxyl groups is 1. The van der Waals surface area contributed by atoms with Crippen LogP contribution in [-0.4, -0.2) is 70.8 Å². The summed E-state index contributed by atoms with van der Waals surface area (Å²) in [5, 5.41) is 19.7. The second-order valence-electron chi connectivity index (χ2n) is 9.08. The van der Waals surface area contributed by atoms with Crippen LogP contribution in [0.25, 0.3) is 22.5 Å². The van der Waals surface area contributed by atoms with Crippen LogP contribution in [0.5, 0.6) is 5.75 Å². The topological polar surface area (TPSA) is 110 Å². The van der Waals surface area contributed by atoms with Crippen LogP contribution < -0.4 is 5.73 Å². The van der Waals surface area contributed by atoms with E-state index in [9.17, 15) is 5.11 Å². The van der Waals surface area contributed by atoms with E-state index in [0.717, 1.165) is 61.7 Å². The number of likely N-dealkylation sites (tertiary alicyclic amines) is 1. The Hall–Kier alpha value is -3.36. The lowest BCUT2D eigenvalue weighted by Gasteiger charge is -2.45. The molecule has 8 nitrogen and oxygen atoms in total. The molecule has 2 aromatic heterocycles. The van der Waals surface area contributed by atoms with Crippen LogP contribution in [0, 0.1) is 6.92 Å². The van der Waals surface area contributed by atoms with Gasteiger partial charge in [-0.25, -0.2) is 4.98 Å². The first kappa shape index (κ1) is 22.4. The minimum absolute atomic E-state index is 0.135. The van der Waals surface area contributed by atoms with Crippen molar-refractivity contribution in [1.82, 2.24) is 20.1 Å². The van der Waals surface area contributed by atoms with E-state index in [2.05, 4.69) is 25.1 Å². The molecule has 5 rings (SSSR count). The predicted molar refractivity (Wildman–Crippen MR) is 133 cm³/mol. The molecule has 0 spiro atoms. The number of aromatic nitrogens is 3. The number of phenolic OH excluding ortho intramolecular Hbond substituents is 1. The minimum atomic E-state index is 0.135. The van der Waals surface area contributed by atoms with Crippen molar-refractivity contribution in [2.24, 2.45) is 4.99 Å². The number of nitrogen functional groups attached to an aromatic ring is 1. The molecule has 1 aromatic carbocycles. The molecule has 3 N–H and O–H groups in total. The van der Waals surface area contributed by atoms with Crippen molar-refractivity contribution in [3.63, 3.8) is 0 Å². The van der Waals surface area contributed by atoms with Gasteiger partial charge in [-0.05, 0) is 55.7 Å². The van der Waals surface area contributed by atoms with E-state index < -0.39 is 0 Å². The van der Waals surface area contributed by atoms with Crippen molar-refractivity contribution in [3.05, 3.63) is 53.3 Å². The maximum Gasteiger partial charge on any atom is 0.125 e. The SMILES string of the molecule is CN=Cc1nc(-c2ccc(-c3ccc(C4CN(C5CCOCC5)C4)nn3)c(O)c2)cc(C)c1N. The lowest BCUT2D eigenvalue weighted by Crippen LogP contribution is -2.52. The minimum Gasteiger partial charge on any atom is -0.507 e. The molecule has 2 saturated heterocycles. The normalized spacial score (nSPS) is 17.8. The van der Waals surface area contributed by atoms with Gasteiger partial charge < -0.3 is 15.6 Å². The number of aryl methyl sites for hydroxylation is 1. The molecule has 0 radical (unpaired) electrons. The molecule has 4 heterocycles. The van der Waals surface area contributed by atoms with Crippen molar-refractivity contribution in [2.45, 2.75) is 31.7 Å². The highest BCUT2D eigenvalue weighted by molar-refractivity contribution is 5.87. The van der Waals surface area contributed by atoms with E-state index in [-0.39, 0.29) is 5.75 Å². The number of pyridine rings is 1. The fourth-order valence-corrected chi connectivity index (χ4v) is 4.74. The van der Waals surface area contributed by atoms with Crippen LogP contribution in [0.15, 0.2) is 41.4 Å². The molecule has 8 heteroatoms. The lowest BCUT2D eigenvalue weighted by molar-refractivity contribution is 0.000892. The van der Waals surface area contributed by atoms with Gasteiger partial charge in [0.1, 0.15) is 11.4 Å². The fourth-order valence-electron chi connectivity index (χ4n) is 4.74. The third-order valence-electron chi connectivity index (χ3n) is 6.84. The summed E-state index contributed by atoms with van der Waals surface area (Å²) in [5.74, 6) is 0.553. The Labute approximate surface area is 199 Å². The van der Waals surface area contributed by atoms with Gasteiger partial charge in [-0.2, -0.15) is 10.2 Å². The zero-order chi connectivity index (χ0) is 23.7. The average molecular weight is 459 g/mol. The van der Waals surface area contributed by atoms with E-state index in [1.807, 2.05) is 37.3 Å². The maximum atomic E-state index is 10.8. The van der Waals surface area contributed by atoms with Crippen molar-refractivity contribution in [1.29, 1.82) is 0 Å². The number of nitrogens with two attached hydrogens (primary N) is 1. The molecule has 2 aliphatic rings. The van der Waals surface area contributed by atoms with Gasteiger partial charge in [0.2, 0.25) is 0 Å². The third-order valence-corrected chi connectivity index (χ3v) is 6.84. The largest absolute Gasteiger partial charge is 0.507 e. The molecule has 0 amide bonds. The molecule has 176 valence electrons. The van der Waals surface area contributed by atoms with Gasteiger partial charge in [0.05, 0.1) is 22.8 Å². The number of hydrogen-bond acceptors (Lipinski definition) is 8.